The zero-order valence-electron chi connectivity index (χ0n) is 7.10. The molecule has 0 spiro atoms. The zero-order valence-corrected chi connectivity index (χ0v) is 7.10. The second-order valence-electron chi connectivity index (χ2n) is 3.76. The molecule has 12 heavy (non-hydrogen) atoms. The Morgan fingerprint density at radius 1 is 1.33 bits per heavy atom. The van der Waals surface area contributed by atoms with Crippen molar-refractivity contribution in [2.24, 2.45) is 0 Å². The van der Waals surface area contributed by atoms with Crippen LogP contribution in [0.25, 0.3) is 0 Å². The van der Waals surface area contributed by atoms with E-state index in [0.29, 0.717) is 6.10 Å². The van der Waals surface area contributed by atoms with Gasteiger partial charge in [0.1, 0.15) is 6.10 Å². The van der Waals surface area contributed by atoms with Crippen molar-refractivity contribution in [3.8, 4) is 0 Å². The van der Waals surface area contributed by atoms with Crippen LogP contribution in [-0.4, -0.2) is 11.6 Å². The number of H-pyrrole nitrogens is 1. The van der Waals surface area contributed by atoms with Gasteiger partial charge >= 0.3 is 0 Å². The Morgan fingerprint density at radius 3 is 2.92 bits per heavy atom. The minimum atomic E-state index is 0.399. The molecule has 1 aromatic rings. The molecule has 2 aliphatic rings. The Kier molecular flexibility index (Phi) is 1.32. The molecule has 3 rings (SSSR count). The van der Waals surface area contributed by atoms with Gasteiger partial charge in [-0.3, -0.25) is 0 Å². The van der Waals surface area contributed by atoms with E-state index in [1.807, 2.05) is 0 Å². The topological polar surface area (TPSA) is 28.3 Å². The summed E-state index contributed by atoms with van der Waals surface area (Å²) in [4.78, 5) is 3.47. The molecule has 1 aliphatic heterocycles. The Balaban J connectivity index is 1.97. The first kappa shape index (κ1) is 6.72. The smallest absolute Gasteiger partial charge is 0.121 e. The quantitative estimate of drug-likeness (QED) is 0.630. The second-order valence-corrected chi connectivity index (χ2v) is 3.76. The third kappa shape index (κ3) is 0.985. The summed E-state index contributed by atoms with van der Waals surface area (Å²) in [5.74, 6) is 0. The summed E-state index contributed by atoms with van der Waals surface area (Å²) in [5.41, 5.74) is 4.31. The van der Waals surface area contributed by atoms with Gasteiger partial charge in [0.05, 0.1) is 6.61 Å². The third-order valence-corrected chi connectivity index (χ3v) is 2.82. The van der Waals surface area contributed by atoms with Gasteiger partial charge in [0.25, 0.3) is 0 Å². The average Bonchev–Trinajstić information content (AvgIpc) is 2.85. The Hall–Kier alpha value is -0.760. The molecule has 0 amide bonds. The molecule has 0 unspecified atom stereocenters. The Morgan fingerprint density at radius 2 is 2.17 bits per heavy atom. The number of hydrogen-bond acceptors (Lipinski definition) is 1. The SMILES string of the molecule is c1c([C@H]2CO2)[nH]c2c1CCCC2. The second kappa shape index (κ2) is 2.36. The van der Waals surface area contributed by atoms with Crippen LogP contribution in [0.15, 0.2) is 6.07 Å². The fraction of sp³-hybridized carbons (Fsp3) is 0.600. The van der Waals surface area contributed by atoms with Crippen molar-refractivity contribution >= 4 is 0 Å². The molecule has 1 aromatic heterocycles. The summed E-state index contributed by atoms with van der Waals surface area (Å²) in [7, 11) is 0. The summed E-state index contributed by atoms with van der Waals surface area (Å²) in [5, 5.41) is 0. The third-order valence-electron chi connectivity index (χ3n) is 2.82. The number of aryl methyl sites for hydroxylation is 2. The largest absolute Gasteiger partial charge is 0.366 e. The number of fused-ring (bicyclic) bond motifs is 1. The van der Waals surface area contributed by atoms with Crippen molar-refractivity contribution in [3.05, 3.63) is 23.0 Å². The maximum Gasteiger partial charge on any atom is 0.121 e. The van der Waals surface area contributed by atoms with Crippen molar-refractivity contribution in [1.82, 2.24) is 4.98 Å². The van der Waals surface area contributed by atoms with Crippen LogP contribution in [0.4, 0.5) is 0 Å². The standard InChI is InChI=1S/C10H13NO/c1-2-4-8-7(3-1)5-9(11-8)10-6-12-10/h5,10-11H,1-4,6H2/t10-/m1/s1. The van der Waals surface area contributed by atoms with E-state index < -0.39 is 0 Å². The molecule has 1 aliphatic carbocycles. The molecule has 0 bridgehead atoms. The molecule has 0 aromatic carbocycles. The molecule has 2 heterocycles. The number of aromatic nitrogens is 1. The molecule has 1 fully saturated rings. The van der Waals surface area contributed by atoms with E-state index in [9.17, 15) is 0 Å². The zero-order chi connectivity index (χ0) is 7.97. The van der Waals surface area contributed by atoms with Crippen molar-refractivity contribution in [2.75, 3.05) is 6.61 Å². The van der Waals surface area contributed by atoms with E-state index in [4.69, 9.17) is 4.74 Å². The fourth-order valence-corrected chi connectivity index (χ4v) is 2.03. The van der Waals surface area contributed by atoms with Gasteiger partial charge in [-0.2, -0.15) is 0 Å². The van der Waals surface area contributed by atoms with Crippen LogP contribution >= 0.6 is 0 Å². The van der Waals surface area contributed by atoms with Gasteiger partial charge in [-0.15, -0.1) is 0 Å². The molecular formula is C10H13NO. The number of epoxide rings is 1. The molecule has 1 N–H and O–H groups in total. The lowest BCUT2D eigenvalue weighted by Crippen LogP contribution is -1.99. The van der Waals surface area contributed by atoms with E-state index >= 15 is 0 Å². The van der Waals surface area contributed by atoms with Gasteiger partial charge in [-0.05, 0) is 37.3 Å². The summed E-state index contributed by atoms with van der Waals surface area (Å²) in [6.45, 7) is 0.916. The van der Waals surface area contributed by atoms with Crippen LogP contribution in [0, 0.1) is 0 Å². The number of nitrogens with one attached hydrogen (secondary N) is 1. The summed E-state index contributed by atoms with van der Waals surface area (Å²) in [6.07, 6.45) is 5.60. The lowest BCUT2D eigenvalue weighted by molar-refractivity contribution is 0.412. The molecule has 0 radical (unpaired) electrons. The van der Waals surface area contributed by atoms with Crippen LogP contribution in [0.2, 0.25) is 0 Å². The van der Waals surface area contributed by atoms with Crippen molar-refractivity contribution in [3.63, 3.8) is 0 Å². The van der Waals surface area contributed by atoms with Gasteiger partial charge in [-0.1, -0.05) is 0 Å². The molecule has 0 saturated carbocycles. The first-order chi connectivity index (χ1) is 5.93. The molecule has 1 atom stereocenters. The lowest BCUT2D eigenvalue weighted by Gasteiger charge is -2.08. The van der Waals surface area contributed by atoms with E-state index in [1.165, 1.54) is 42.6 Å². The fourth-order valence-electron chi connectivity index (χ4n) is 2.03. The molecule has 2 nitrogen and oxygen atoms in total. The van der Waals surface area contributed by atoms with E-state index in [2.05, 4.69) is 11.1 Å². The summed E-state index contributed by atoms with van der Waals surface area (Å²) >= 11 is 0. The lowest BCUT2D eigenvalue weighted by atomic mass is 9.98. The van der Waals surface area contributed by atoms with Crippen LogP contribution in [0.1, 0.15) is 35.9 Å². The van der Waals surface area contributed by atoms with Crippen molar-refractivity contribution < 1.29 is 4.74 Å². The van der Waals surface area contributed by atoms with Crippen LogP contribution < -0.4 is 0 Å². The van der Waals surface area contributed by atoms with Gasteiger partial charge in [0.15, 0.2) is 0 Å². The van der Waals surface area contributed by atoms with Gasteiger partial charge in [-0.25, -0.2) is 0 Å². The van der Waals surface area contributed by atoms with Crippen molar-refractivity contribution in [2.45, 2.75) is 31.8 Å². The predicted octanol–water partition coefficient (Wildman–Crippen LogP) is 1.96. The Bertz CT molecular complexity index is 275. The molecular weight excluding hydrogens is 150 g/mol. The van der Waals surface area contributed by atoms with Gasteiger partial charge < -0.3 is 9.72 Å². The van der Waals surface area contributed by atoms with Crippen LogP contribution in [0.3, 0.4) is 0 Å². The van der Waals surface area contributed by atoms with Crippen LogP contribution in [0.5, 0.6) is 0 Å². The first-order valence-electron chi connectivity index (χ1n) is 4.76. The summed E-state index contributed by atoms with van der Waals surface area (Å²) < 4.78 is 5.24. The summed E-state index contributed by atoms with van der Waals surface area (Å²) in [6, 6.07) is 2.30. The normalized spacial score (nSPS) is 26.8. The van der Waals surface area contributed by atoms with Crippen molar-refractivity contribution in [1.29, 1.82) is 0 Å². The highest BCUT2D eigenvalue weighted by atomic mass is 16.6. The van der Waals surface area contributed by atoms with Gasteiger partial charge in [0.2, 0.25) is 0 Å². The molecule has 2 heteroatoms. The maximum atomic E-state index is 5.24. The highest BCUT2D eigenvalue weighted by Gasteiger charge is 2.27. The van der Waals surface area contributed by atoms with E-state index in [-0.39, 0.29) is 0 Å². The van der Waals surface area contributed by atoms with E-state index in [1.54, 1.807) is 0 Å². The number of rotatable bonds is 1. The Labute approximate surface area is 71.9 Å². The minimum Gasteiger partial charge on any atom is -0.366 e. The number of ether oxygens (including phenoxy) is 1. The maximum absolute atomic E-state index is 5.24. The predicted molar refractivity (Wildman–Crippen MR) is 46.1 cm³/mol. The average molecular weight is 163 g/mol. The molecule has 64 valence electrons. The van der Waals surface area contributed by atoms with E-state index in [0.717, 1.165) is 6.61 Å². The van der Waals surface area contributed by atoms with Gasteiger partial charge in [0, 0.05) is 11.4 Å². The number of hydrogen-bond donors (Lipinski definition) is 1. The molecule has 1 saturated heterocycles. The highest BCUT2D eigenvalue weighted by Crippen LogP contribution is 2.32. The monoisotopic (exact) mass is 163 g/mol. The first-order valence-corrected chi connectivity index (χ1v) is 4.76. The van der Waals surface area contributed by atoms with Crippen LogP contribution in [-0.2, 0) is 17.6 Å². The minimum absolute atomic E-state index is 0.399. The number of aromatic amines is 1. The highest BCUT2D eigenvalue weighted by molar-refractivity contribution is 5.30.